The summed E-state index contributed by atoms with van der Waals surface area (Å²) in [5, 5.41) is 0. The normalized spacial score (nSPS) is 17.6. The minimum absolute atomic E-state index is 0.0629. The van der Waals surface area contributed by atoms with Crippen molar-refractivity contribution < 1.29 is 12.8 Å². The van der Waals surface area contributed by atoms with Crippen LogP contribution in [0.4, 0.5) is 4.39 Å². The van der Waals surface area contributed by atoms with Gasteiger partial charge >= 0.3 is 0 Å². The fraction of sp³-hybridized carbons (Fsp3) is 0.571. The maximum Gasteiger partial charge on any atom is 0.246 e. The highest BCUT2D eigenvalue weighted by Crippen LogP contribution is 2.28. The number of benzene rings is 1. The number of rotatable bonds is 5. The molecule has 1 aliphatic rings. The van der Waals surface area contributed by atoms with E-state index in [1.807, 2.05) is 0 Å². The molecule has 6 heteroatoms. The van der Waals surface area contributed by atoms with Gasteiger partial charge in [-0.25, -0.2) is 12.8 Å². The minimum Gasteiger partial charge on any atom is -0.207 e. The van der Waals surface area contributed by atoms with E-state index in [1.165, 1.54) is 28.6 Å². The van der Waals surface area contributed by atoms with Gasteiger partial charge < -0.3 is 0 Å². The molecule has 0 aliphatic heterocycles. The third-order valence-corrected chi connectivity index (χ3v) is 5.86. The molecule has 1 aliphatic carbocycles. The zero-order valence-electron chi connectivity index (χ0n) is 11.3. The Hall–Kier alpha value is -0.650. The first-order chi connectivity index (χ1) is 9.57. The van der Waals surface area contributed by atoms with Gasteiger partial charge in [0.05, 0.1) is 0 Å². The summed E-state index contributed by atoms with van der Waals surface area (Å²) < 4.78 is 40.5. The average molecular weight is 320 g/mol. The van der Waals surface area contributed by atoms with Crippen molar-refractivity contribution in [1.82, 2.24) is 4.31 Å². The fourth-order valence-electron chi connectivity index (χ4n) is 2.73. The van der Waals surface area contributed by atoms with E-state index in [2.05, 4.69) is 0 Å². The standard InChI is InChI=1S/C14H19ClFNO2S/c15-10-11-17(12-6-2-1-3-7-12)20(18,19)14-9-5-4-8-13(14)16/h4-5,8-9,12H,1-3,6-7,10-11H2. The van der Waals surface area contributed by atoms with Gasteiger partial charge in [-0.1, -0.05) is 31.4 Å². The van der Waals surface area contributed by atoms with Crippen molar-refractivity contribution in [2.45, 2.75) is 43.0 Å². The molecule has 20 heavy (non-hydrogen) atoms. The predicted octanol–water partition coefficient (Wildman–Crippen LogP) is 3.39. The summed E-state index contributed by atoms with van der Waals surface area (Å²) in [5.41, 5.74) is 0. The molecule has 0 bridgehead atoms. The van der Waals surface area contributed by atoms with Crippen LogP contribution < -0.4 is 0 Å². The van der Waals surface area contributed by atoms with E-state index in [9.17, 15) is 12.8 Å². The number of hydrogen-bond acceptors (Lipinski definition) is 2. The van der Waals surface area contributed by atoms with Crippen molar-refractivity contribution in [3.8, 4) is 0 Å². The van der Waals surface area contributed by atoms with Crippen molar-refractivity contribution in [2.24, 2.45) is 0 Å². The average Bonchev–Trinajstić information content (AvgIpc) is 2.45. The zero-order valence-corrected chi connectivity index (χ0v) is 12.8. The summed E-state index contributed by atoms with van der Waals surface area (Å²) in [6.07, 6.45) is 4.80. The molecule has 1 fully saturated rings. The van der Waals surface area contributed by atoms with E-state index in [4.69, 9.17) is 11.6 Å². The van der Waals surface area contributed by atoms with Crippen LogP contribution >= 0.6 is 11.6 Å². The number of hydrogen-bond donors (Lipinski definition) is 0. The molecular weight excluding hydrogens is 301 g/mol. The molecule has 0 radical (unpaired) electrons. The van der Waals surface area contributed by atoms with Gasteiger partial charge in [-0.05, 0) is 25.0 Å². The quantitative estimate of drug-likeness (QED) is 0.780. The Kier molecular flexibility index (Phi) is 5.41. The lowest BCUT2D eigenvalue weighted by Gasteiger charge is -2.33. The first-order valence-electron chi connectivity index (χ1n) is 6.89. The van der Waals surface area contributed by atoms with Crippen LogP contribution in [0.2, 0.25) is 0 Å². The summed E-state index contributed by atoms with van der Waals surface area (Å²) in [6, 6.07) is 5.45. The largest absolute Gasteiger partial charge is 0.246 e. The van der Waals surface area contributed by atoms with Crippen molar-refractivity contribution in [1.29, 1.82) is 0 Å². The molecule has 1 aromatic rings. The molecule has 0 N–H and O–H groups in total. The van der Waals surface area contributed by atoms with E-state index in [-0.39, 0.29) is 23.4 Å². The van der Waals surface area contributed by atoms with Crippen LogP contribution in [0.5, 0.6) is 0 Å². The van der Waals surface area contributed by atoms with E-state index < -0.39 is 15.8 Å². The van der Waals surface area contributed by atoms with Crippen LogP contribution in [0, 0.1) is 5.82 Å². The molecule has 0 atom stereocenters. The second kappa shape index (κ2) is 6.87. The minimum atomic E-state index is -3.82. The number of nitrogens with zero attached hydrogens (tertiary/aromatic N) is 1. The second-order valence-corrected chi connectivity index (χ2v) is 7.26. The first-order valence-corrected chi connectivity index (χ1v) is 8.87. The van der Waals surface area contributed by atoms with Crippen LogP contribution in [-0.2, 0) is 10.0 Å². The Morgan fingerprint density at radius 2 is 1.85 bits per heavy atom. The van der Waals surface area contributed by atoms with E-state index in [0.717, 1.165) is 32.1 Å². The van der Waals surface area contributed by atoms with Gasteiger partial charge in [-0.15, -0.1) is 11.6 Å². The molecule has 1 saturated carbocycles. The van der Waals surface area contributed by atoms with Crippen LogP contribution in [0.1, 0.15) is 32.1 Å². The maximum absolute atomic E-state index is 13.8. The summed E-state index contributed by atoms with van der Waals surface area (Å²) in [6.45, 7) is 0.225. The Bertz CT molecular complexity index is 544. The summed E-state index contributed by atoms with van der Waals surface area (Å²) in [7, 11) is -3.82. The molecule has 112 valence electrons. The second-order valence-electron chi connectivity index (χ2n) is 5.03. The highest BCUT2D eigenvalue weighted by atomic mass is 35.5. The number of alkyl halides is 1. The van der Waals surface area contributed by atoms with Gasteiger partial charge in [0.2, 0.25) is 10.0 Å². The molecule has 0 heterocycles. The molecular formula is C14H19ClFNO2S. The van der Waals surface area contributed by atoms with Gasteiger partial charge in [0, 0.05) is 18.5 Å². The molecule has 0 saturated heterocycles. The van der Waals surface area contributed by atoms with Gasteiger partial charge in [-0.2, -0.15) is 4.31 Å². The smallest absolute Gasteiger partial charge is 0.207 e. The third-order valence-electron chi connectivity index (χ3n) is 3.71. The maximum atomic E-state index is 13.8. The van der Waals surface area contributed by atoms with Gasteiger partial charge in [0.25, 0.3) is 0 Å². The summed E-state index contributed by atoms with van der Waals surface area (Å²) in [4.78, 5) is -0.254. The highest BCUT2D eigenvalue weighted by molar-refractivity contribution is 7.89. The van der Waals surface area contributed by atoms with Crippen molar-refractivity contribution in [3.63, 3.8) is 0 Å². The topological polar surface area (TPSA) is 37.4 Å². The van der Waals surface area contributed by atoms with Gasteiger partial charge in [0.1, 0.15) is 10.7 Å². The van der Waals surface area contributed by atoms with Gasteiger partial charge in [-0.3, -0.25) is 0 Å². The zero-order chi connectivity index (χ0) is 14.6. The van der Waals surface area contributed by atoms with Gasteiger partial charge in [0.15, 0.2) is 0 Å². The molecule has 0 amide bonds. The van der Waals surface area contributed by atoms with Crippen molar-refractivity contribution in [2.75, 3.05) is 12.4 Å². The van der Waals surface area contributed by atoms with Crippen LogP contribution in [0.3, 0.4) is 0 Å². The Balaban J connectivity index is 2.34. The Morgan fingerprint density at radius 3 is 2.45 bits per heavy atom. The van der Waals surface area contributed by atoms with Crippen molar-refractivity contribution >= 4 is 21.6 Å². The fourth-order valence-corrected chi connectivity index (χ4v) is 4.77. The first kappa shape index (κ1) is 15.7. The van der Waals surface area contributed by atoms with E-state index in [0.29, 0.717) is 0 Å². The highest BCUT2D eigenvalue weighted by Gasteiger charge is 2.33. The van der Waals surface area contributed by atoms with Crippen LogP contribution in [0.25, 0.3) is 0 Å². The molecule has 1 aromatic carbocycles. The summed E-state index contributed by atoms with van der Waals surface area (Å²) >= 11 is 5.75. The Morgan fingerprint density at radius 1 is 1.20 bits per heavy atom. The molecule has 3 nitrogen and oxygen atoms in total. The predicted molar refractivity (Wildman–Crippen MR) is 77.9 cm³/mol. The molecule has 0 unspecified atom stereocenters. The van der Waals surface area contributed by atoms with Crippen molar-refractivity contribution in [3.05, 3.63) is 30.1 Å². The van der Waals surface area contributed by atoms with Crippen LogP contribution in [-0.4, -0.2) is 31.2 Å². The lowest BCUT2D eigenvalue weighted by molar-refractivity contribution is 0.261. The molecule has 0 spiro atoms. The van der Waals surface area contributed by atoms with E-state index >= 15 is 0 Å². The number of sulfonamides is 1. The lowest BCUT2D eigenvalue weighted by Crippen LogP contribution is -2.42. The molecule has 0 aromatic heterocycles. The monoisotopic (exact) mass is 319 g/mol. The van der Waals surface area contributed by atoms with Crippen LogP contribution in [0.15, 0.2) is 29.2 Å². The summed E-state index contributed by atoms with van der Waals surface area (Å²) in [5.74, 6) is -0.493. The van der Waals surface area contributed by atoms with E-state index in [1.54, 1.807) is 0 Å². The third kappa shape index (κ3) is 3.32. The lowest BCUT2D eigenvalue weighted by atomic mass is 9.95. The Labute approximate surface area is 124 Å². The molecule has 2 rings (SSSR count). The number of halogens is 2. The SMILES string of the molecule is O=S(=O)(c1ccccc1F)N(CCCl)C1CCCCC1.